The van der Waals surface area contributed by atoms with Crippen LogP contribution in [0, 0.1) is 0 Å². The molecule has 0 atom stereocenters. The van der Waals surface area contributed by atoms with Crippen LogP contribution in [0.5, 0.6) is 0 Å². The summed E-state index contributed by atoms with van der Waals surface area (Å²) in [6, 6.07) is 10.4. The normalized spacial score (nSPS) is 14.4. The van der Waals surface area contributed by atoms with Crippen LogP contribution in [0.15, 0.2) is 55.1 Å². The van der Waals surface area contributed by atoms with Gasteiger partial charge in [-0.05, 0) is 55.4 Å². The highest BCUT2D eigenvalue weighted by Crippen LogP contribution is 2.32. The maximum Gasteiger partial charge on any atom is 0.159 e. The summed E-state index contributed by atoms with van der Waals surface area (Å²) in [5, 5.41) is 17.4. The van der Waals surface area contributed by atoms with E-state index in [-0.39, 0.29) is 0 Å². The number of rotatable bonds is 0. The van der Waals surface area contributed by atoms with Gasteiger partial charge in [-0.1, -0.05) is 11.3 Å². The van der Waals surface area contributed by atoms with Crippen molar-refractivity contribution in [1.82, 2.24) is 50.0 Å². The number of aryl methyl sites for hydroxylation is 1. The first-order valence-corrected chi connectivity index (χ1v) is 11.6. The molecule has 10 heteroatoms. The second-order valence-electron chi connectivity index (χ2n) is 9.01. The third kappa shape index (κ3) is 3.46. The van der Waals surface area contributed by atoms with Crippen molar-refractivity contribution in [2.45, 2.75) is 19.5 Å². The number of nitrogens with zero attached hydrogens (tertiary/aromatic N) is 8. The van der Waals surface area contributed by atoms with Gasteiger partial charge in [-0.2, -0.15) is 5.10 Å². The first-order valence-electron chi connectivity index (χ1n) is 11.6. The van der Waals surface area contributed by atoms with Crippen LogP contribution < -0.4 is 0 Å². The van der Waals surface area contributed by atoms with Crippen molar-refractivity contribution in [3.05, 3.63) is 60.7 Å². The van der Waals surface area contributed by atoms with Gasteiger partial charge in [-0.25, -0.2) is 4.98 Å². The number of benzene rings is 1. The Labute approximate surface area is 200 Å². The molecular weight excluding hydrogens is 440 g/mol. The summed E-state index contributed by atoms with van der Waals surface area (Å²) in [6.07, 6.45) is 8.50. The molecule has 0 saturated carbocycles. The topological polar surface area (TPSA) is 117 Å². The molecule has 7 rings (SSSR count). The molecule has 6 aromatic rings. The molecule has 2 N–H and O–H groups in total. The minimum Gasteiger partial charge on any atom is -0.336 e. The van der Waals surface area contributed by atoms with E-state index in [0.717, 1.165) is 64.8 Å². The average Bonchev–Trinajstić information content (AvgIpc) is 3.61. The van der Waals surface area contributed by atoms with E-state index in [9.17, 15) is 0 Å². The summed E-state index contributed by atoms with van der Waals surface area (Å²) in [5.41, 5.74) is 8.07. The molecule has 0 radical (unpaired) electrons. The van der Waals surface area contributed by atoms with Crippen LogP contribution in [0.3, 0.4) is 0 Å². The highest BCUT2D eigenvalue weighted by Gasteiger charge is 2.18. The Morgan fingerprint density at radius 1 is 0.971 bits per heavy atom. The van der Waals surface area contributed by atoms with Crippen molar-refractivity contribution >= 4 is 21.9 Å². The molecule has 1 aliphatic rings. The summed E-state index contributed by atoms with van der Waals surface area (Å²) in [4.78, 5) is 19.7. The van der Waals surface area contributed by atoms with Gasteiger partial charge in [0.25, 0.3) is 0 Å². The number of H-pyrrole nitrogens is 2. The molecule has 0 aliphatic carbocycles. The van der Waals surface area contributed by atoms with Crippen molar-refractivity contribution in [3.63, 3.8) is 0 Å². The van der Waals surface area contributed by atoms with E-state index in [0.29, 0.717) is 17.2 Å². The molecule has 0 spiro atoms. The van der Waals surface area contributed by atoms with E-state index in [1.165, 1.54) is 5.56 Å². The number of fused-ring (bicyclic) bond motifs is 9. The van der Waals surface area contributed by atoms with E-state index in [2.05, 4.69) is 71.7 Å². The second kappa shape index (κ2) is 7.81. The lowest BCUT2D eigenvalue weighted by Crippen LogP contribution is -2.20. The van der Waals surface area contributed by atoms with Crippen molar-refractivity contribution in [2.75, 3.05) is 13.6 Å². The van der Waals surface area contributed by atoms with Crippen LogP contribution >= 0.6 is 0 Å². The first kappa shape index (κ1) is 20.0. The van der Waals surface area contributed by atoms with Crippen LogP contribution in [-0.4, -0.2) is 63.6 Å². The van der Waals surface area contributed by atoms with Gasteiger partial charge in [-0.3, -0.25) is 19.7 Å². The molecule has 10 nitrogen and oxygen atoms in total. The van der Waals surface area contributed by atoms with Gasteiger partial charge in [0, 0.05) is 42.6 Å². The molecule has 0 unspecified atom stereocenters. The molecular formula is C25H22N10. The second-order valence-corrected chi connectivity index (χ2v) is 9.01. The molecule has 5 aromatic heterocycles. The fraction of sp³-hybridized carbons (Fsp3) is 0.200. The quantitative estimate of drug-likeness (QED) is 0.354. The minimum absolute atomic E-state index is 0.677. The van der Waals surface area contributed by atoms with Crippen LogP contribution in [0.1, 0.15) is 12.0 Å². The molecule has 0 amide bonds. The van der Waals surface area contributed by atoms with E-state index >= 15 is 0 Å². The fourth-order valence-corrected chi connectivity index (χ4v) is 4.75. The molecule has 0 saturated heterocycles. The zero-order chi connectivity index (χ0) is 23.4. The minimum atomic E-state index is 0.677. The van der Waals surface area contributed by atoms with Crippen LogP contribution in [-0.2, 0) is 13.1 Å². The third-order valence-electron chi connectivity index (χ3n) is 6.48. The Hall–Kier alpha value is -4.44. The van der Waals surface area contributed by atoms with E-state index in [1.807, 2.05) is 29.3 Å². The van der Waals surface area contributed by atoms with Crippen molar-refractivity contribution in [3.8, 4) is 34.0 Å². The Balaban J connectivity index is 1.43. The van der Waals surface area contributed by atoms with Crippen LogP contribution in [0.25, 0.3) is 56.0 Å². The Morgan fingerprint density at radius 2 is 1.94 bits per heavy atom. The standard InChI is InChI=1S/C25H22N10/c1-34-7-2-8-35-14-21(31-33-35)23-24-20(5-6-27-23)28-25(29-24)22-18-10-16(3-4-19(18)30-32-22)17-9-15(13-34)11-26-12-17/h3-6,9-12,14H,2,7-8,13H2,1H3,(H,28,29)(H,30,32). The Kier molecular flexibility index (Phi) is 4.46. The maximum absolute atomic E-state index is 4.89. The highest BCUT2D eigenvalue weighted by atomic mass is 15.4. The summed E-state index contributed by atoms with van der Waals surface area (Å²) < 4.78 is 1.87. The molecule has 35 heavy (non-hydrogen) atoms. The SMILES string of the molecule is CN1CCCn2cc(nn2)-c2nccc3[nH]c(nc23)-c2n[nH]c3ccc(cc23)-c2cncc(c2)C1. The first-order chi connectivity index (χ1) is 17.2. The van der Waals surface area contributed by atoms with Crippen molar-refractivity contribution < 1.29 is 0 Å². The largest absolute Gasteiger partial charge is 0.336 e. The van der Waals surface area contributed by atoms with Gasteiger partial charge < -0.3 is 9.88 Å². The predicted molar refractivity (Wildman–Crippen MR) is 132 cm³/mol. The van der Waals surface area contributed by atoms with Gasteiger partial charge in [0.1, 0.15) is 22.6 Å². The Bertz CT molecular complexity index is 1690. The van der Waals surface area contributed by atoms with E-state index in [4.69, 9.17) is 4.98 Å². The lowest BCUT2D eigenvalue weighted by atomic mass is 10.0. The molecule has 172 valence electrons. The highest BCUT2D eigenvalue weighted by molar-refractivity contribution is 5.97. The number of nitrogens with one attached hydrogen (secondary N) is 2. The van der Waals surface area contributed by atoms with Gasteiger partial charge in [0.05, 0.1) is 17.2 Å². The Morgan fingerprint density at radius 3 is 2.91 bits per heavy atom. The maximum atomic E-state index is 4.89. The third-order valence-corrected chi connectivity index (χ3v) is 6.48. The molecule has 6 heterocycles. The zero-order valence-electron chi connectivity index (χ0n) is 19.1. The van der Waals surface area contributed by atoms with E-state index < -0.39 is 0 Å². The number of aromatic amines is 2. The number of pyridine rings is 2. The predicted octanol–water partition coefficient (Wildman–Crippen LogP) is 3.66. The zero-order valence-corrected chi connectivity index (χ0v) is 19.1. The van der Waals surface area contributed by atoms with Gasteiger partial charge in [-0.15, -0.1) is 5.10 Å². The summed E-state index contributed by atoms with van der Waals surface area (Å²) in [5.74, 6) is 0.677. The summed E-state index contributed by atoms with van der Waals surface area (Å²) in [7, 11) is 2.13. The average molecular weight is 463 g/mol. The van der Waals surface area contributed by atoms with Gasteiger partial charge in [0.2, 0.25) is 0 Å². The number of aromatic nitrogens is 9. The van der Waals surface area contributed by atoms with Gasteiger partial charge in [0.15, 0.2) is 5.82 Å². The summed E-state index contributed by atoms with van der Waals surface area (Å²) in [6.45, 7) is 2.53. The van der Waals surface area contributed by atoms with Crippen molar-refractivity contribution in [1.29, 1.82) is 0 Å². The lowest BCUT2D eigenvalue weighted by Gasteiger charge is -2.17. The molecule has 0 fully saturated rings. The summed E-state index contributed by atoms with van der Waals surface area (Å²) >= 11 is 0. The lowest BCUT2D eigenvalue weighted by molar-refractivity contribution is 0.310. The van der Waals surface area contributed by atoms with Crippen molar-refractivity contribution in [2.24, 2.45) is 0 Å². The fourth-order valence-electron chi connectivity index (χ4n) is 4.75. The van der Waals surface area contributed by atoms with Crippen LogP contribution in [0.2, 0.25) is 0 Å². The van der Waals surface area contributed by atoms with E-state index in [1.54, 1.807) is 6.20 Å². The van der Waals surface area contributed by atoms with Crippen LogP contribution in [0.4, 0.5) is 0 Å². The van der Waals surface area contributed by atoms with Gasteiger partial charge >= 0.3 is 0 Å². The number of imidazole rings is 1. The smallest absolute Gasteiger partial charge is 0.159 e. The monoisotopic (exact) mass is 462 g/mol. The molecule has 8 bridgehead atoms. The molecule has 1 aliphatic heterocycles. The number of hydrogen-bond donors (Lipinski definition) is 2. The molecule has 1 aromatic carbocycles. The number of hydrogen-bond acceptors (Lipinski definition) is 7.